The molecule has 0 aliphatic carbocycles. The van der Waals surface area contributed by atoms with Crippen molar-refractivity contribution in [2.75, 3.05) is 31.6 Å². The third kappa shape index (κ3) is 3.81. The van der Waals surface area contributed by atoms with E-state index in [1.165, 1.54) is 0 Å². The molecule has 0 unspecified atom stereocenters. The second kappa shape index (κ2) is 7.54. The normalized spacial score (nSPS) is 18.1. The van der Waals surface area contributed by atoms with Gasteiger partial charge in [0.05, 0.1) is 24.8 Å². The van der Waals surface area contributed by atoms with Gasteiger partial charge < -0.3 is 19.7 Å². The topological polar surface area (TPSA) is 100 Å². The van der Waals surface area contributed by atoms with Gasteiger partial charge in [-0.05, 0) is 37.3 Å². The summed E-state index contributed by atoms with van der Waals surface area (Å²) in [6.45, 7) is 4.20. The lowest BCUT2D eigenvalue weighted by atomic mass is 10.0. The van der Waals surface area contributed by atoms with Gasteiger partial charge in [0.15, 0.2) is 5.79 Å². The van der Waals surface area contributed by atoms with E-state index in [0.29, 0.717) is 62.0 Å². The van der Waals surface area contributed by atoms with Gasteiger partial charge >= 0.3 is 0 Å². The van der Waals surface area contributed by atoms with E-state index in [-0.39, 0.29) is 5.91 Å². The highest BCUT2D eigenvalue weighted by molar-refractivity contribution is 5.92. The smallest absolute Gasteiger partial charge is 0.272 e. The van der Waals surface area contributed by atoms with Crippen LogP contribution in [0.25, 0.3) is 0 Å². The first-order chi connectivity index (χ1) is 13.6. The van der Waals surface area contributed by atoms with Crippen LogP contribution in [-0.4, -0.2) is 52.9 Å². The minimum absolute atomic E-state index is 0.124. The summed E-state index contributed by atoms with van der Waals surface area (Å²) < 4.78 is 11.4. The average molecular weight is 379 g/mol. The van der Waals surface area contributed by atoms with Gasteiger partial charge in [0.25, 0.3) is 5.91 Å². The molecule has 1 aromatic heterocycles. The Bertz CT molecular complexity index is 906. The van der Waals surface area contributed by atoms with Crippen LogP contribution in [0.5, 0.6) is 0 Å². The standard InChI is InChI=1S/C20H21N5O3/c1-14-12-17(18(26)25-8-6-20(7-9-25)27-10-11-28-20)24-19(22-14)23-16-4-2-15(13-21)3-5-16/h2-5,12H,6-11H2,1H3,(H,22,23,24). The number of nitrogens with one attached hydrogen (secondary N) is 1. The first-order valence-electron chi connectivity index (χ1n) is 9.27. The second-order valence-corrected chi connectivity index (χ2v) is 6.93. The Morgan fingerprint density at radius 2 is 1.86 bits per heavy atom. The zero-order valence-electron chi connectivity index (χ0n) is 15.6. The molecule has 4 rings (SSSR count). The van der Waals surface area contributed by atoms with Gasteiger partial charge in [-0.3, -0.25) is 4.79 Å². The molecule has 2 saturated heterocycles. The van der Waals surface area contributed by atoms with Crippen LogP contribution >= 0.6 is 0 Å². The summed E-state index contributed by atoms with van der Waals surface area (Å²) in [5.41, 5.74) is 2.38. The number of anilines is 2. The average Bonchev–Trinajstić information content (AvgIpc) is 3.16. The Hall–Kier alpha value is -3.02. The number of hydrogen-bond donors (Lipinski definition) is 1. The zero-order chi connectivity index (χ0) is 19.6. The van der Waals surface area contributed by atoms with Crippen molar-refractivity contribution in [3.8, 4) is 6.07 Å². The number of piperidine rings is 1. The summed E-state index contributed by atoms with van der Waals surface area (Å²) in [6, 6.07) is 10.7. The number of hydrogen-bond acceptors (Lipinski definition) is 7. The van der Waals surface area contributed by atoms with Crippen molar-refractivity contribution in [1.82, 2.24) is 14.9 Å². The molecule has 8 nitrogen and oxygen atoms in total. The fraction of sp³-hybridized carbons (Fsp3) is 0.400. The van der Waals surface area contributed by atoms with Crippen molar-refractivity contribution >= 4 is 17.5 Å². The maximum absolute atomic E-state index is 12.9. The van der Waals surface area contributed by atoms with Crippen molar-refractivity contribution in [3.63, 3.8) is 0 Å². The van der Waals surface area contributed by atoms with Crippen LogP contribution in [0.1, 0.15) is 34.6 Å². The van der Waals surface area contributed by atoms with Crippen LogP contribution in [-0.2, 0) is 9.47 Å². The maximum Gasteiger partial charge on any atom is 0.272 e. The number of ether oxygens (including phenoxy) is 2. The molecule has 8 heteroatoms. The molecule has 1 spiro atoms. The van der Waals surface area contributed by atoms with Crippen LogP contribution in [0.15, 0.2) is 30.3 Å². The highest BCUT2D eigenvalue weighted by Gasteiger charge is 2.41. The predicted molar refractivity (Wildman–Crippen MR) is 101 cm³/mol. The molecule has 144 valence electrons. The molecular weight excluding hydrogens is 358 g/mol. The Kier molecular flexibility index (Phi) is 4.94. The molecule has 3 heterocycles. The fourth-order valence-electron chi connectivity index (χ4n) is 3.49. The van der Waals surface area contributed by atoms with Crippen molar-refractivity contribution in [2.24, 2.45) is 0 Å². The van der Waals surface area contributed by atoms with E-state index >= 15 is 0 Å². The SMILES string of the molecule is Cc1cc(C(=O)N2CCC3(CC2)OCCO3)nc(Nc2ccc(C#N)cc2)n1. The highest BCUT2D eigenvalue weighted by Crippen LogP contribution is 2.31. The summed E-state index contributed by atoms with van der Waals surface area (Å²) >= 11 is 0. The van der Waals surface area contributed by atoms with Crippen LogP contribution in [0, 0.1) is 18.3 Å². The molecule has 0 atom stereocenters. The van der Waals surface area contributed by atoms with Gasteiger partial charge in [-0.1, -0.05) is 0 Å². The summed E-state index contributed by atoms with van der Waals surface area (Å²) in [6.07, 6.45) is 1.33. The molecule has 28 heavy (non-hydrogen) atoms. The highest BCUT2D eigenvalue weighted by atomic mass is 16.7. The van der Waals surface area contributed by atoms with E-state index in [4.69, 9.17) is 14.7 Å². The van der Waals surface area contributed by atoms with Crippen molar-refractivity contribution in [3.05, 3.63) is 47.3 Å². The Balaban J connectivity index is 1.47. The molecule has 1 N–H and O–H groups in total. The molecule has 1 amide bonds. The fourth-order valence-corrected chi connectivity index (χ4v) is 3.49. The molecule has 2 aliphatic heterocycles. The predicted octanol–water partition coefficient (Wildman–Crippen LogP) is 2.38. The number of carbonyl (C=O) groups is 1. The molecular formula is C20H21N5O3. The van der Waals surface area contributed by atoms with Gasteiger partial charge in [-0.2, -0.15) is 5.26 Å². The molecule has 2 aliphatic rings. The first kappa shape index (κ1) is 18.3. The van der Waals surface area contributed by atoms with E-state index in [2.05, 4.69) is 21.4 Å². The van der Waals surface area contributed by atoms with Crippen LogP contribution in [0.2, 0.25) is 0 Å². The van der Waals surface area contributed by atoms with E-state index in [1.807, 2.05) is 6.92 Å². The van der Waals surface area contributed by atoms with Crippen LogP contribution < -0.4 is 5.32 Å². The quantitative estimate of drug-likeness (QED) is 0.874. The molecule has 2 fully saturated rings. The Labute approximate surface area is 163 Å². The third-order valence-electron chi connectivity index (χ3n) is 4.97. The van der Waals surface area contributed by atoms with Crippen molar-refractivity contribution in [2.45, 2.75) is 25.6 Å². The Morgan fingerprint density at radius 1 is 1.18 bits per heavy atom. The molecule has 2 aromatic rings. The zero-order valence-corrected chi connectivity index (χ0v) is 15.6. The number of nitriles is 1. The number of carbonyl (C=O) groups excluding carboxylic acids is 1. The van der Waals surface area contributed by atoms with Crippen LogP contribution in [0.3, 0.4) is 0 Å². The molecule has 1 aromatic carbocycles. The van der Waals surface area contributed by atoms with Gasteiger partial charge in [0.1, 0.15) is 5.69 Å². The lowest BCUT2D eigenvalue weighted by Crippen LogP contribution is -2.47. The molecule has 0 saturated carbocycles. The lowest BCUT2D eigenvalue weighted by Gasteiger charge is -2.37. The minimum Gasteiger partial charge on any atom is -0.347 e. The number of likely N-dealkylation sites (tertiary alicyclic amines) is 1. The number of benzene rings is 1. The lowest BCUT2D eigenvalue weighted by molar-refractivity contribution is -0.181. The van der Waals surface area contributed by atoms with E-state index < -0.39 is 5.79 Å². The number of aryl methyl sites for hydroxylation is 1. The second-order valence-electron chi connectivity index (χ2n) is 6.93. The largest absolute Gasteiger partial charge is 0.347 e. The number of aromatic nitrogens is 2. The summed E-state index contributed by atoms with van der Waals surface area (Å²) in [5, 5.41) is 12.0. The number of amides is 1. The number of rotatable bonds is 3. The van der Waals surface area contributed by atoms with Crippen molar-refractivity contribution in [1.29, 1.82) is 5.26 Å². The van der Waals surface area contributed by atoms with E-state index in [0.717, 1.165) is 5.69 Å². The number of nitrogens with zero attached hydrogens (tertiary/aromatic N) is 4. The summed E-state index contributed by atoms with van der Waals surface area (Å²) in [5.74, 6) is -0.286. The third-order valence-corrected chi connectivity index (χ3v) is 4.97. The van der Waals surface area contributed by atoms with Crippen molar-refractivity contribution < 1.29 is 14.3 Å². The molecule has 0 radical (unpaired) electrons. The van der Waals surface area contributed by atoms with Gasteiger partial charge in [-0.25, -0.2) is 9.97 Å². The minimum atomic E-state index is -0.513. The summed E-state index contributed by atoms with van der Waals surface area (Å²) in [7, 11) is 0. The van der Waals surface area contributed by atoms with Gasteiger partial charge in [0, 0.05) is 37.3 Å². The van der Waals surface area contributed by atoms with Crippen LogP contribution in [0.4, 0.5) is 11.6 Å². The summed E-state index contributed by atoms with van der Waals surface area (Å²) in [4.78, 5) is 23.5. The molecule has 0 bridgehead atoms. The Morgan fingerprint density at radius 3 is 2.50 bits per heavy atom. The monoisotopic (exact) mass is 379 g/mol. The van der Waals surface area contributed by atoms with Gasteiger partial charge in [-0.15, -0.1) is 0 Å². The maximum atomic E-state index is 12.9. The van der Waals surface area contributed by atoms with E-state index in [1.54, 1.807) is 35.2 Å². The van der Waals surface area contributed by atoms with E-state index in [9.17, 15) is 4.79 Å². The van der Waals surface area contributed by atoms with Gasteiger partial charge in [0.2, 0.25) is 5.95 Å². The first-order valence-corrected chi connectivity index (χ1v) is 9.27.